The van der Waals surface area contributed by atoms with Gasteiger partial charge in [0.2, 0.25) is 0 Å². The van der Waals surface area contributed by atoms with E-state index in [0.717, 1.165) is 5.69 Å². The maximum Gasteiger partial charge on any atom is 0.284 e. The second-order valence-corrected chi connectivity index (χ2v) is 7.27. The van der Waals surface area contributed by atoms with Crippen molar-refractivity contribution in [3.8, 4) is 0 Å². The Morgan fingerprint density at radius 3 is 1.96 bits per heavy atom. The number of para-hydroxylation sites is 1. The first-order valence-corrected chi connectivity index (χ1v) is 9.34. The van der Waals surface area contributed by atoms with Crippen LogP contribution in [0.25, 0.3) is 0 Å². The number of nitrogens with one attached hydrogen (secondary N) is 1. The van der Waals surface area contributed by atoms with Crippen molar-refractivity contribution in [1.29, 1.82) is 0 Å². The van der Waals surface area contributed by atoms with E-state index in [1.165, 1.54) is 24.3 Å². The predicted molar refractivity (Wildman–Crippen MR) is 102 cm³/mol. The molecule has 0 fully saturated rings. The normalized spacial score (nSPS) is 12.0. The third-order valence-corrected chi connectivity index (χ3v) is 4.95. The third kappa shape index (κ3) is 4.47. The number of rotatable bonds is 4. The van der Waals surface area contributed by atoms with Gasteiger partial charge in [-0.25, -0.2) is 0 Å². The third-order valence-electron chi connectivity index (χ3n) is 3.41. The van der Waals surface area contributed by atoms with E-state index >= 15 is 0 Å². The molecule has 0 aliphatic rings. The molecule has 0 unspecified atom stereocenters. The fourth-order valence-electron chi connectivity index (χ4n) is 2.18. The average molecular weight is 371 g/mol. The van der Waals surface area contributed by atoms with Crippen molar-refractivity contribution in [3.63, 3.8) is 0 Å². The topological polar surface area (TPSA) is 58.5 Å². The summed E-state index contributed by atoms with van der Waals surface area (Å²) in [6.07, 6.45) is 0. The Labute approximate surface area is 151 Å². The molecule has 4 nitrogen and oxygen atoms in total. The molecule has 25 heavy (non-hydrogen) atoms. The summed E-state index contributed by atoms with van der Waals surface area (Å²) in [7, 11) is -3.88. The lowest BCUT2D eigenvalue weighted by Gasteiger charge is -2.10. The lowest BCUT2D eigenvalue weighted by molar-refractivity contribution is 0.598. The summed E-state index contributed by atoms with van der Waals surface area (Å²) in [6, 6.07) is 24.3. The van der Waals surface area contributed by atoms with Gasteiger partial charge in [0, 0.05) is 16.3 Å². The minimum absolute atomic E-state index is 0.0835. The Balaban J connectivity index is 2.04. The van der Waals surface area contributed by atoms with E-state index < -0.39 is 10.0 Å². The summed E-state index contributed by atoms with van der Waals surface area (Å²) in [4.78, 5) is 0.0835. The van der Waals surface area contributed by atoms with Crippen molar-refractivity contribution in [1.82, 2.24) is 0 Å². The Morgan fingerprint density at radius 1 is 0.800 bits per heavy atom. The summed E-state index contributed by atoms with van der Waals surface area (Å²) in [6.45, 7) is 0. The number of anilines is 1. The van der Waals surface area contributed by atoms with E-state index in [1.54, 1.807) is 12.1 Å². The van der Waals surface area contributed by atoms with E-state index in [9.17, 15) is 8.42 Å². The van der Waals surface area contributed by atoms with Gasteiger partial charge in [-0.1, -0.05) is 60.1 Å². The SMILES string of the molecule is O=S(=O)(/N=C(/Nc1ccccc1)c1ccccc1)c1ccc(Cl)cc1. The van der Waals surface area contributed by atoms with Crippen LogP contribution in [0.4, 0.5) is 5.69 Å². The van der Waals surface area contributed by atoms with E-state index in [0.29, 0.717) is 10.6 Å². The number of hydrogen-bond donors (Lipinski definition) is 1. The van der Waals surface area contributed by atoms with Crippen LogP contribution in [-0.2, 0) is 10.0 Å². The molecule has 0 aromatic heterocycles. The van der Waals surface area contributed by atoms with Crippen molar-refractivity contribution in [3.05, 3.63) is 95.5 Å². The molecule has 0 atom stereocenters. The second-order valence-electron chi connectivity index (χ2n) is 5.23. The van der Waals surface area contributed by atoms with Crippen LogP contribution in [0.5, 0.6) is 0 Å². The maximum atomic E-state index is 12.6. The Bertz CT molecular complexity index is 971. The zero-order valence-electron chi connectivity index (χ0n) is 13.1. The molecule has 0 aliphatic heterocycles. The second kappa shape index (κ2) is 7.51. The number of sulfonamides is 1. The van der Waals surface area contributed by atoms with Crippen molar-refractivity contribution in [2.75, 3.05) is 5.32 Å². The van der Waals surface area contributed by atoms with E-state index in [4.69, 9.17) is 11.6 Å². The molecule has 0 radical (unpaired) electrons. The van der Waals surface area contributed by atoms with Gasteiger partial charge < -0.3 is 5.32 Å². The molecule has 0 saturated carbocycles. The summed E-state index contributed by atoms with van der Waals surface area (Å²) in [5.41, 5.74) is 1.42. The van der Waals surface area contributed by atoms with Gasteiger partial charge in [-0.05, 0) is 36.4 Å². The van der Waals surface area contributed by atoms with Gasteiger partial charge in [-0.15, -0.1) is 4.40 Å². The first kappa shape index (κ1) is 17.2. The van der Waals surface area contributed by atoms with Gasteiger partial charge in [0.05, 0.1) is 4.90 Å². The Kier molecular flexibility index (Phi) is 5.16. The molecule has 0 spiro atoms. The molecule has 126 valence electrons. The van der Waals surface area contributed by atoms with Crippen LogP contribution in [0.2, 0.25) is 5.02 Å². The quantitative estimate of drug-likeness (QED) is 0.540. The fourth-order valence-corrected chi connectivity index (χ4v) is 3.28. The van der Waals surface area contributed by atoms with E-state index in [-0.39, 0.29) is 10.7 Å². The number of amidine groups is 1. The molecule has 0 heterocycles. The molecule has 0 bridgehead atoms. The zero-order valence-corrected chi connectivity index (χ0v) is 14.7. The van der Waals surface area contributed by atoms with Crippen molar-refractivity contribution in [2.45, 2.75) is 4.90 Å². The van der Waals surface area contributed by atoms with Crippen LogP contribution in [0.3, 0.4) is 0 Å². The van der Waals surface area contributed by atoms with Gasteiger partial charge >= 0.3 is 0 Å². The van der Waals surface area contributed by atoms with Gasteiger partial charge in [0.25, 0.3) is 10.0 Å². The summed E-state index contributed by atoms with van der Waals surface area (Å²) >= 11 is 5.83. The predicted octanol–water partition coefficient (Wildman–Crippen LogP) is 4.59. The minimum Gasteiger partial charge on any atom is -0.339 e. The molecule has 6 heteroatoms. The van der Waals surface area contributed by atoms with Crippen LogP contribution >= 0.6 is 11.6 Å². The molecule has 3 aromatic carbocycles. The highest BCUT2D eigenvalue weighted by Gasteiger charge is 2.15. The monoisotopic (exact) mass is 370 g/mol. The van der Waals surface area contributed by atoms with Crippen molar-refractivity contribution < 1.29 is 8.42 Å². The van der Waals surface area contributed by atoms with E-state index in [1.807, 2.05) is 48.5 Å². The molecule has 0 saturated heterocycles. The first-order chi connectivity index (χ1) is 12.0. The molecule has 0 aliphatic carbocycles. The molecular formula is C19H15ClN2O2S. The molecule has 3 rings (SSSR count). The van der Waals surface area contributed by atoms with Crippen LogP contribution < -0.4 is 5.32 Å². The number of hydrogen-bond acceptors (Lipinski definition) is 2. The number of nitrogens with zero attached hydrogens (tertiary/aromatic N) is 1. The van der Waals surface area contributed by atoms with Gasteiger partial charge in [-0.3, -0.25) is 0 Å². The smallest absolute Gasteiger partial charge is 0.284 e. The molecule has 0 amide bonds. The fraction of sp³-hybridized carbons (Fsp3) is 0. The van der Waals surface area contributed by atoms with Gasteiger partial charge in [0.1, 0.15) is 0 Å². The maximum absolute atomic E-state index is 12.6. The standard InChI is InChI=1S/C19H15ClN2O2S/c20-16-11-13-18(14-12-16)25(23,24)22-19(15-7-3-1-4-8-15)21-17-9-5-2-6-10-17/h1-14H,(H,21,22). The first-order valence-electron chi connectivity index (χ1n) is 7.53. The zero-order chi connectivity index (χ0) is 17.7. The van der Waals surface area contributed by atoms with Crippen LogP contribution in [-0.4, -0.2) is 14.3 Å². The minimum atomic E-state index is -3.88. The number of benzene rings is 3. The lowest BCUT2D eigenvalue weighted by atomic mass is 10.2. The van der Waals surface area contributed by atoms with Crippen LogP contribution in [0.15, 0.2) is 94.2 Å². The van der Waals surface area contributed by atoms with Crippen molar-refractivity contribution >= 4 is 33.1 Å². The highest BCUT2D eigenvalue weighted by Crippen LogP contribution is 2.18. The highest BCUT2D eigenvalue weighted by atomic mass is 35.5. The van der Waals surface area contributed by atoms with Gasteiger partial charge in [-0.2, -0.15) is 8.42 Å². The molecule has 1 N–H and O–H groups in total. The largest absolute Gasteiger partial charge is 0.339 e. The van der Waals surface area contributed by atoms with Crippen molar-refractivity contribution in [2.24, 2.45) is 4.40 Å². The van der Waals surface area contributed by atoms with E-state index in [2.05, 4.69) is 9.71 Å². The highest BCUT2D eigenvalue weighted by molar-refractivity contribution is 7.90. The molecule has 3 aromatic rings. The van der Waals surface area contributed by atoms with Gasteiger partial charge in [0.15, 0.2) is 5.84 Å². The molecular weight excluding hydrogens is 356 g/mol. The summed E-state index contributed by atoms with van der Waals surface area (Å²) in [5.74, 6) is 0.252. The Hall–Kier alpha value is -2.63. The summed E-state index contributed by atoms with van der Waals surface area (Å²) in [5, 5.41) is 3.54. The average Bonchev–Trinajstić information content (AvgIpc) is 2.63. The Morgan fingerprint density at radius 2 is 1.36 bits per heavy atom. The van der Waals surface area contributed by atoms with Crippen LogP contribution in [0.1, 0.15) is 5.56 Å². The van der Waals surface area contributed by atoms with Crippen LogP contribution in [0, 0.1) is 0 Å². The lowest BCUT2D eigenvalue weighted by Crippen LogP contribution is -2.16. The number of halogens is 1. The summed E-state index contributed by atoms with van der Waals surface area (Å²) < 4.78 is 29.3.